The number of aromatic nitrogens is 2. The Morgan fingerprint density at radius 3 is 2.27 bits per heavy atom. The second-order valence-corrected chi connectivity index (χ2v) is 9.91. The maximum atomic E-state index is 13.3. The predicted octanol–water partition coefficient (Wildman–Crippen LogP) is 3.91. The van der Waals surface area contributed by atoms with Gasteiger partial charge in [0.25, 0.3) is 10.1 Å². The van der Waals surface area contributed by atoms with Crippen molar-refractivity contribution in [3.63, 3.8) is 0 Å². The molecule has 0 radical (unpaired) electrons. The third-order valence-corrected chi connectivity index (χ3v) is 7.37. The fraction of sp³-hybridized carbons (Fsp3) is 0.200. The number of nitrogens with zero attached hydrogens (tertiary/aromatic N) is 1. The number of hydrogen-bond donors (Lipinski definition) is 1. The molecule has 0 fully saturated rings. The zero-order valence-electron chi connectivity index (χ0n) is 18.0. The van der Waals surface area contributed by atoms with Crippen LogP contribution in [0.3, 0.4) is 0 Å². The average molecular weight is 463 g/mol. The summed E-state index contributed by atoms with van der Waals surface area (Å²) >= 11 is 0. The number of unbranched alkanes of at least 4 members (excludes halogenated alkanes) is 1. The second kappa shape index (κ2) is 8.13. The van der Waals surface area contributed by atoms with E-state index in [0.29, 0.717) is 52.0 Å². The molecule has 0 amide bonds. The van der Waals surface area contributed by atoms with Gasteiger partial charge in [0.05, 0.1) is 29.4 Å². The highest BCUT2D eigenvalue weighted by Crippen LogP contribution is 2.24. The van der Waals surface area contributed by atoms with Crippen LogP contribution < -0.4 is 10.9 Å². The van der Waals surface area contributed by atoms with Crippen LogP contribution >= 0.6 is 0 Å². The van der Waals surface area contributed by atoms with E-state index in [9.17, 15) is 18.0 Å². The van der Waals surface area contributed by atoms with E-state index in [2.05, 4.69) is 9.17 Å². The highest BCUT2D eigenvalue weighted by molar-refractivity contribution is 7.86. The molecule has 5 aromatic rings. The maximum absolute atomic E-state index is 13.3. The molecule has 0 bridgehead atoms. The summed E-state index contributed by atoms with van der Waals surface area (Å²) in [5, 5.41) is 2.18. The number of aryl methyl sites for hydroxylation is 1. The Balaban J connectivity index is 1.74. The van der Waals surface area contributed by atoms with Gasteiger partial charge in [0, 0.05) is 33.6 Å². The molecule has 0 unspecified atom stereocenters. The molecule has 0 spiro atoms. The van der Waals surface area contributed by atoms with E-state index in [0.717, 1.165) is 18.1 Å². The van der Waals surface area contributed by atoms with Crippen LogP contribution in [0.25, 0.3) is 43.6 Å². The number of aromatic amines is 1. The van der Waals surface area contributed by atoms with E-state index in [1.54, 1.807) is 24.3 Å². The molecule has 2 heterocycles. The molecule has 0 atom stereocenters. The van der Waals surface area contributed by atoms with E-state index in [4.69, 9.17) is 0 Å². The summed E-state index contributed by atoms with van der Waals surface area (Å²) in [7, 11) is -2.37. The Bertz CT molecular complexity index is 1770. The number of rotatable bonds is 6. The van der Waals surface area contributed by atoms with Crippen LogP contribution in [0.5, 0.6) is 0 Å². The van der Waals surface area contributed by atoms with Crippen LogP contribution in [0.2, 0.25) is 0 Å². The smallest absolute Gasteiger partial charge is 0.267 e. The molecule has 8 heteroatoms. The normalized spacial score (nSPS) is 12.3. The molecule has 7 nitrogen and oxygen atoms in total. The van der Waals surface area contributed by atoms with Crippen LogP contribution in [0.1, 0.15) is 12.8 Å². The van der Waals surface area contributed by atoms with Gasteiger partial charge in [-0.15, -0.1) is 0 Å². The van der Waals surface area contributed by atoms with Gasteiger partial charge in [-0.2, -0.15) is 8.42 Å². The van der Waals surface area contributed by atoms with Crippen molar-refractivity contribution < 1.29 is 12.6 Å². The summed E-state index contributed by atoms with van der Waals surface area (Å²) in [5.74, 6) is -0.0752. The van der Waals surface area contributed by atoms with Crippen molar-refractivity contribution in [1.82, 2.24) is 9.55 Å². The largest absolute Gasteiger partial charge is 0.354 e. The molecule has 0 saturated heterocycles. The molecule has 0 aliphatic rings. The lowest BCUT2D eigenvalue weighted by Gasteiger charge is -2.16. The van der Waals surface area contributed by atoms with Crippen molar-refractivity contribution >= 4 is 53.7 Å². The minimum Gasteiger partial charge on any atom is -0.354 e. The summed E-state index contributed by atoms with van der Waals surface area (Å²) in [6.45, 7) is 0.494. The lowest BCUT2D eigenvalue weighted by Crippen LogP contribution is -2.14. The van der Waals surface area contributed by atoms with E-state index in [1.807, 2.05) is 41.0 Å². The SMILES string of the molecule is COS(=O)(=O)CCCCn1c2ccccc2c(=O)c2cc3[nH]c4ccccc4c(=O)c3cc21. The molecule has 0 aliphatic heterocycles. The van der Waals surface area contributed by atoms with Gasteiger partial charge in [0.2, 0.25) is 0 Å². The van der Waals surface area contributed by atoms with Crippen LogP contribution in [0, 0.1) is 0 Å². The predicted molar refractivity (Wildman–Crippen MR) is 131 cm³/mol. The highest BCUT2D eigenvalue weighted by Gasteiger charge is 2.15. The second-order valence-electron chi connectivity index (χ2n) is 8.05. The highest BCUT2D eigenvalue weighted by atomic mass is 32.2. The Morgan fingerprint density at radius 2 is 1.48 bits per heavy atom. The molecule has 5 rings (SSSR count). The van der Waals surface area contributed by atoms with Crippen molar-refractivity contribution in [3.05, 3.63) is 81.1 Å². The van der Waals surface area contributed by atoms with Crippen molar-refractivity contribution in [3.8, 4) is 0 Å². The monoisotopic (exact) mass is 462 g/mol. The molecule has 168 valence electrons. The zero-order chi connectivity index (χ0) is 23.2. The first-order valence-electron chi connectivity index (χ1n) is 10.7. The average Bonchev–Trinajstić information content (AvgIpc) is 2.83. The summed E-state index contributed by atoms with van der Waals surface area (Å²) in [5.41, 5.74) is 2.53. The van der Waals surface area contributed by atoms with Crippen LogP contribution in [0.4, 0.5) is 0 Å². The fourth-order valence-electron chi connectivity index (χ4n) is 4.41. The Hall–Kier alpha value is -3.49. The fourth-order valence-corrected chi connectivity index (χ4v) is 5.14. The maximum Gasteiger partial charge on any atom is 0.267 e. The van der Waals surface area contributed by atoms with Gasteiger partial charge in [0.1, 0.15) is 0 Å². The first-order valence-corrected chi connectivity index (χ1v) is 12.3. The minimum absolute atomic E-state index is 0.0752. The van der Waals surface area contributed by atoms with Gasteiger partial charge >= 0.3 is 0 Å². The van der Waals surface area contributed by atoms with E-state index in [-0.39, 0.29) is 16.6 Å². The van der Waals surface area contributed by atoms with Gasteiger partial charge in [0.15, 0.2) is 10.9 Å². The Morgan fingerprint density at radius 1 is 0.788 bits per heavy atom. The molecule has 0 aliphatic carbocycles. The molecule has 33 heavy (non-hydrogen) atoms. The number of pyridine rings is 2. The van der Waals surface area contributed by atoms with Crippen LogP contribution in [-0.2, 0) is 20.8 Å². The molecular formula is C25H22N2O5S. The number of nitrogens with one attached hydrogen (secondary N) is 1. The van der Waals surface area contributed by atoms with Crippen molar-refractivity contribution in [2.75, 3.05) is 12.9 Å². The summed E-state index contributed by atoms with van der Waals surface area (Å²) in [6, 6.07) is 18.2. The van der Waals surface area contributed by atoms with Crippen molar-refractivity contribution in [2.45, 2.75) is 19.4 Å². The summed E-state index contributed by atoms with van der Waals surface area (Å²) in [6.07, 6.45) is 0.980. The molecular weight excluding hydrogens is 440 g/mol. The molecule has 2 aromatic heterocycles. The van der Waals surface area contributed by atoms with Gasteiger partial charge in [-0.25, -0.2) is 0 Å². The first-order chi connectivity index (χ1) is 15.9. The topological polar surface area (TPSA) is 98.2 Å². The number of H-pyrrole nitrogens is 1. The lowest BCUT2D eigenvalue weighted by atomic mass is 10.0. The molecule has 3 aromatic carbocycles. The number of para-hydroxylation sites is 2. The summed E-state index contributed by atoms with van der Waals surface area (Å²) < 4.78 is 29.9. The first kappa shape index (κ1) is 21.4. The van der Waals surface area contributed by atoms with Gasteiger partial charge < -0.3 is 9.55 Å². The van der Waals surface area contributed by atoms with Crippen LogP contribution in [0.15, 0.2) is 70.3 Å². The van der Waals surface area contributed by atoms with E-state index in [1.165, 1.54) is 0 Å². The Labute approximate surface area is 189 Å². The standard InChI is InChI=1S/C25H22N2O5S/c1-32-33(30,31)13-7-6-12-27-22-11-5-3-9-17(22)25(29)19-14-21-18(15-23(19)27)24(28)16-8-2-4-10-20(16)26-21/h2-5,8-11,14-15H,6-7,12-13H2,1H3,(H,26,28). The van der Waals surface area contributed by atoms with Crippen molar-refractivity contribution in [1.29, 1.82) is 0 Å². The van der Waals surface area contributed by atoms with Gasteiger partial charge in [-0.1, -0.05) is 24.3 Å². The van der Waals surface area contributed by atoms with E-state index >= 15 is 0 Å². The number of fused-ring (bicyclic) bond motifs is 4. The number of benzene rings is 3. The van der Waals surface area contributed by atoms with E-state index < -0.39 is 10.1 Å². The van der Waals surface area contributed by atoms with Crippen LogP contribution in [-0.4, -0.2) is 30.8 Å². The summed E-state index contributed by atoms with van der Waals surface area (Å²) in [4.78, 5) is 29.8. The Kier molecular flexibility index (Phi) is 5.26. The van der Waals surface area contributed by atoms with Gasteiger partial charge in [-0.3, -0.25) is 13.8 Å². The molecule has 0 saturated carbocycles. The lowest BCUT2D eigenvalue weighted by molar-refractivity contribution is 0.396. The third-order valence-electron chi connectivity index (χ3n) is 6.08. The van der Waals surface area contributed by atoms with Crippen molar-refractivity contribution in [2.24, 2.45) is 0 Å². The van der Waals surface area contributed by atoms with Gasteiger partial charge in [-0.05, 0) is 49.2 Å². The third kappa shape index (κ3) is 3.71. The zero-order valence-corrected chi connectivity index (χ0v) is 18.8. The molecule has 1 N–H and O–H groups in total. The minimum atomic E-state index is -3.53. The number of hydrogen-bond acceptors (Lipinski definition) is 5. The quantitative estimate of drug-likeness (QED) is 0.234.